The van der Waals surface area contributed by atoms with Crippen LogP contribution in [0.5, 0.6) is 0 Å². The van der Waals surface area contributed by atoms with Crippen molar-refractivity contribution in [2.45, 2.75) is 37.8 Å². The van der Waals surface area contributed by atoms with Gasteiger partial charge < -0.3 is 25.0 Å². The van der Waals surface area contributed by atoms with Gasteiger partial charge in [0.2, 0.25) is 0 Å². The number of aliphatic hydroxyl groups is 1. The van der Waals surface area contributed by atoms with Crippen LogP contribution in [0.4, 0.5) is 20.6 Å². The molecule has 1 aromatic carbocycles. The Morgan fingerprint density at radius 3 is 2.75 bits per heavy atom. The van der Waals surface area contributed by atoms with Gasteiger partial charge in [-0.1, -0.05) is 24.8 Å². The number of ether oxygens (including phenoxy) is 1. The van der Waals surface area contributed by atoms with Gasteiger partial charge in [0.15, 0.2) is 0 Å². The molecule has 0 saturated carbocycles. The summed E-state index contributed by atoms with van der Waals surface area (Å²) in [5.41, 5.74) is 6.93. The molecule has 0 bridgehead atoms. The third kappa shape index (κ3) is 7.79. The minimum atomic E-state index is -0.515. The minimum Gasteiger partial charge on any atom is -0.443 e. The van der Waals surface area contributed by atoms with Crippen LogP contribution < -0.4 is 20.3 Å². The lowest BCUT2D eigenvalue weighted by atomic mass is 9.91. The van der Waals surface area contributed by atoms with Crippen LogP contribution in [0.15, 0.2) is 43.0 Å². The Morgan fingerprint density at radius 1 is 1.44 bits per heavy atom. The second-order valence-corrected chi connectivity index (χ2v) is 8.48. The minimum absolute atomic E-state index is 0.192. The maximum absolute atomic E-state index is 14.6. The van der Waals surface area contributed by atoms with Crippen LogP contribution in [0.1, 0.15) is 26.2 Å². The second-order valence-electron chi connectivity index (χ2n) is 8.01. The van der Waals surface area contributed by atoms with Gasteiger partial charge in [-0.3, -0.25) is 4.90 Å². The third-order valence-corrected chi connectivity index (χ3v) is 5.60. The molecule has 2 saturated heterocycles. The van der Waals surface area contributed by atoms with E-state index in [1.54, 1.807) is 18.2 Å². The molecule has 2 fully saturated rings. The lowest BCUT2D eigenvalue weighted by Gasteiger charge is -2.38. The Balaban J connectivity index is 0.000000451. The number of amides is 1. The fourth-order valence-electron chi connectivity index (χ4n) is 3.41. The zero-order valence-corrected chi connectivity index (χ0v) is 19.2. The number of carbonyl (C=O) groups is 1. The molecule has 178 valence electrons. The highest BCUT2D eigenvalue weighted by molar-refractivity contribution is 7.91. The number of hydrogen-bond donors (Lipinski definition) is 4. The smallest absolute Gasteiger partial charge is 0.414 e. The van der Waals surface area contributed by atoms with Gasteiger partial charge in [0, 0.05) is 31.8 Å². The predicted molar refractivity (Wildman–Crippen MR) is 127 cm³/mol. The summed E-state index contributed by atoms with van der Waals surface area (Å²) in [6.45, 7) is 7.75. The molecule has 2 aliphatic heterocycles. The topological polar surface area (TPSA) is 111 Å². The van der Waals surface area contributed by atoms with Crippen LogP contribution >= 0.6 is 12.2 Å². The summed E-state index contributed by atoms with van der Waals surface area (Å²) in [7, 11) is 0. The number of halogens is 1. The van der Waals surface area contributed by atoms with Crippen molar-refractivity contribution in [3.63, 3.8) is 0 Å². The average molecular weight is 469 g/mol. The highest BCUT2D eigenvalue weighted by atomic mass is 32.2. The number of cyclic esters (lactones) is 1. The Hall–Kier alpha value is -2.11. The summed E-state index contributed by atoms with van der Waals surface area (Å²) in [5, 5.41) is 8.21. The van der Waals surface area contributed by atoms with E-state index in [1.165, 1.54) is 11.0 Å². The number of rotatable bonds is 8. The number of anilines is 2. The van der Waals surface area contributed by atoms with Gasteiger partial charge in [-0.2, -0.15) is 0 Å². The first-order chi connectivity index (χ1) is 15.3. The monoisotopic (exact) mass is 468 g/mol. The summed E-state index contributed by atoms with van der Waals surface area (Å²) < 4.78 is 31.1. The van der Waals surface area contributed by atoms with E-state index in [0.717, 1.165) is 19.3 Å². The number of carbonyl (C=O) groups excluding carboxylic acids is 1. The Kier molecular flexibility index (Phi) is 10.5. The van der Waals surface area contributed by atoms with Crippen molar-refractivity contribution in [3.8, 4) is 0 Å². The molecular formula is C22H33FN4O4S. The van der Waals surface area contributed by atoms with E-state index < -0.39 is 6.09 Å². The van der Waals surface area contributed by atoms with Gasteiger partial charge in [0.25, 0.3) is 0 Å². The molecule has 8 nitrogen and oxygen atoms in total. The van der Waals surface area contributed by atoms with E-state index in [0.29, 0.717) is 49.8 Å². The maximum Gasteiger partial charge on any atom is 0.414 e. The third-order valence-electron chi connectivity index (χ3n) is 5.31. The lowest BCUT2D eigenvalue weighted by molar-refractivity contribution is 0.143. The molecule has 1 aromatic rings. The molecule has 10 heteroatoms. The summed E-state index contributed by atoms with van der Waals surface area (Å²) >= 11 is 0.473. The highest BCUT2D eigenvalue weighted by Crippen LogP contribution is 2.30. The Morgan fingerprint density at radius 2 is 2.16 bits per heavy atom. The molecule has 0 spiro atoms. The molecule has 0 radical (unpaired) electrons. The van der Waals surface area contributed by atoms with Gasteiger partial charge in [0.05, 0.1) is 30.1 Å². The van der Waals surface area contributed by atoms with Crippen molar-refractivity contribution in [2.75, 3.05) is 42.6 Å². The first-order valence-corrected chi connectivity index (χ1v) is 11.3. The number of aliphatic hydroxyl groups excluding tert-OH is 1. The predicted octanol–water partition coefficient (Wildman–Crippen LogP) is 3.29. The quantitative estimate of drug-likeness (QED) is 0.261. The maximum atomic E-state index is 14.6. The average Bonchev–Trinajstić information content (AvgIpc) is 3.14. The van der Waals surface area contributed by atoms with Gasteiger partial charge >= 0.3 is 6.09 Å². The Bertz CT molecular complexity index is 783. The van der Waals surface area contributed by atoms with E-state index in [-0.39, 0.29) is 24.1 Å². The van der Waals surface area contributed by atoms with Crippen molar-refractivity contribution in [2.24, 2.45) is 5.73 Å². The molecule has 0 aliphatic carbocycles. The van der Waals surface area contributed by atoms with E-state index in [4.69, 9.17) is 20.1 Å². The molecule has 32 heavy (non-hydrogen) atoms. The molecule has 2 aliphatic rings. The summed E-state index contributed by atoms with van der Waals surface area (Å²) in [6, 6.07) is 4.79. The fraction of sp³-hybridized carbons (Fsp3) is 0.500. The zero-order chi connectivity index (χ0) is 23.6. The molecule has 2 heterocycles. The number of nitrogens with two attached hydrogens (primary N) is 1. The fourth-order valence-corrected chi connectivity index (χ4v) is 3.67. The lowest BCUT2D eigenvalue weighted by Crippen LogP contribution is -2.48. The van der Waals surface area contributed by atoms with Gasteiger partial charge in [0.1, 0.15) is 11.9 Å². The van der Waals surface area contributed by atoms with Crippen molar-refractivity contribution in [3.05, 3.63) is 48.8 Å². The van der Waals surface area contributed by atoms with Crippen LogP contribution in [0.3, 0.4) is 0 Å². The Labute approximate surface area is 193 Å². The molecule has 3 rings (SSSR count). The summed E-state index contributed by atoms with van der Waals surface area (Å²) in [6.07, 6.45) is 6.82. The first kappa shape index (κ1) is 26.1. The normalized spacial score (nSPS) is 20.2. The molecule has 1 unspecified atom stereocenters. The number of benzene rings is 1. The van der Waals surface area contributed by atoms with Crippen LogP contribution in [-0.2, 0) is 4.74 Å². The zero-order valence-electron chi connectivity index (χ0n) is 18.4. The number of allylic oxidation sites excluding steroid dienone is 2. The van der Waals surface area contributed by atoms with E-state index in [2.05, 4.69) is 11.3 Å². The SMILES string of the molecule is C=C/C=C/CCO.CC1(N)CCN(c2ccc(N3CC(CNSO)OC3=O)cc2F)CC1. The number of hydrogen-bond acceptors (Lipinski definition) is 8. The largest absolute Gasteiger partial charge is 0.443 e. The van der Waals surface area contributed by atoms with Crippen molar-refractivity contribution < 1.29 is 23.6 Å². The number of nitrogens with zero attached hydrogens (tertiary/aromatic N) is 2. The van der Waals surface area contributed by atoms with E-state index >= 15 is 0 Å². The van der Waals surface area contributed by atoms with E-state index in [1.807, 2.05) is 24.0 Å². The van der Waals surface area contributed by atoms with Crippen LogP contribution in [0.2, 0.25) is 0 Å². The van der Waals surface area contributed by atoms with Gasteiger partial charge in [-0.25, -0.2) is 13.9 Å². The van der Waals surface area contributed by atoms with E-state index in [9.17, 15) is 9.18 Å². The van der Waals surface area contributed by atoms with Crippen molar-refractivity contribution >= 4 is 29.7 Å². The second kappa shape index (κ2) is 12.8. The standard InChI is InChI=1S/C16H23FN4O3S.C6H10O/c1-16(18)4-6-20(7-5-16)14-3-2-11(8-13(14)17)21-10-12(9-19-25-23)24-15(21)22;1-2-3-4-5-6-7/h2-3,8,12,19,23H,4-7,9-10,18H2,1H3;2-4,7H,1,5-6H2/b;4-3+. The van der Waals surface area contributed by atoms with Gasteiger partial charge in [-0.05, 0) is 44.4 Å². The number of nitrogens with one attached hydrogen (secondary N) is 1. The number of piperidine rings is 1. The highest BCUT2D eigenvalue weighted by Gasteiger charge is 2.33. The van der Waals surface area contributed by atoms with Crippen LogP contribution in [-0.4, -0.2) is 60.2 Å². The summed E-state index contributed by atoms with van der Waals surface area (Å²) in [4.78, 5) is 15.4. The molecule has 1 amide bonds. The molecule has 5 N–H and O–H groups in total. The molecule has 1 atom stereocenters. The molecular weight excluding hydrogens is 435 g/mol. The molecule has 0 aromatic heterocycles. The van der Waals surface area contributed by atoms with Gasteiger partial charge in [-0.15, -0.1) is 0 Å². The van der Waals surface area contributed by atoms with Crippen molar-refractivity contribution in [1.82, 2.24) is 4.72 Å². The summed E-state index contributed by atoms with van der Waals surface area (Å²) in [5.74, 6) is -0.363. The van der Waals surface area contributed by atoms with Crippen LogP contribution in [0.25, 0.3) is 0 Å². The first-order valence-electron chi connectivity index (χ1n) is 10.5. The van der Waals surface area contributed by atoms with Crippen molar-refractivity contribution in [1.29, 1.82) is 0 Å². The van der Waals surface area contributed by atoms with Crippen LogP contribution in [0, 0.1) is 5.82 Å².